The van der Waals surface area contributed by atoms with Gasteiger partial charge in [0.1, 0.15) is 5.82 Å². The summed E-state index contributed by atoms with van der Waals surface area (Å²) in [4.78, 5) is 9.25. The van der Waals surface area contributed by atoms with E-state index in [9.17, 15) is 0 Å². The van der Waals surface area contributed by atoms with Crippen LogP contribution in [-0.2, 0) is 7.05 Å². The monoisotopic (exact) mass is 321 g/mol. The summed E-state index contributed by atoms with van der Waals surface area (Å²) in [5, 5.41) is 5.43. The molecule has 0 saturated carbocycles. The van der Waals surface area contributed by atoms with Gasteiger partial charge in [0.2, 0.25) is 5.13 Å². The smallest absolute Gasteiger partial charge is 0.205 e. The van der Waals surface area contributed by atoms with Gasteiger partial charge in [-0.2, -0.15) is 9.47 Å². The molecule has 0 atom stereocenters. The Balaban J connectivity index is 1.69. The van der Waals surface area contributed by atoms with Crippen molar-refractivity contribution in [3.05, 3.63) is 11.5 Å². The lowest BCUT2D eigenvalue weighted by Gasteiger charge is -2.35. The predicted octanol–water partition coefficient (Wildman–Crippen LogP) is 1.61. The van der Waals surface area contributed by atoms with Crippen molar-refractivity contribution in [3.8, 4) is 0 Å². The van der Waals surface area contributed by atoms with Crippen molar-refractivity contribution < 1.29 is 0 Å². The normalized spacial score (nSPS) is 15.9. The molecule has 3 heterocycles. The maximum absolute atomic E-state index is 6.16. The lowest BCUT2D eigenvalue weighted by atomic mass is 10.2. The first-order valence-electron chi connectivity index (χ1n) is 7.60. The molecule has 0 aliphatic carbocycles. The molecule has 0 spiro atoms. The molecule has 1 aliphatic rings. The number of hydrogen-bond donors (Lipinski definition) is 1. The van der Waals surface area contributed by atoms with Gasteiger partial charge in [0, 0.05) is 50.7 Å². The summed E-state index contributed by atoms with van der Waals surface area (Å²) < 4.78 is 6.32. The van der Waals surface area contributed by atoms with Crippen LogP contribution in [0.25, 0.3) is 0 Å². The van der Waals surface area contributed by atoms with Gasteiger partial charge in [0.25, 0.3) is 0 Å². The molecular formula is C14H23N7S. The van der Waals surface area contributed by atoms with Crippen LogP contribution in [0.1, 0.15) is 31.3 Å². The zero-order valence-corrected chi connectivity index (χ0v) is 14.4. The Labute approximate surface area is 134 Å². The van der Waals surface area contributed by atoms with Gasteiger partial charge in [0.15, 0.2) is 5.82 Å². The molecule has 1 aliphatic heterocycles. The van der Waals surface area contributed by atoms with Crippen LogP contribution in [0.2, 0.25) is 0 Å². The van der Waals surface area contributed by atoms with Crippen LogP contribution in [0.5, 0.6) is 0 Å². The molecule has 2 aromatic heterocycles. The van der Waals surface area contributed by atoms with E-state index in [1.165, 1.54) is 11.5 Å². The molecule has 0 unspecified atom stereocenters. The van der Waals surface area contributed by atoms with Crippen molar-refractivity contribution in [2.24, 2.45) is 7.05 Å². The minimum absolute atomic E-state index is 0.378. The van der Waals surface area contributed by atoms with Gasteiger partial charge in [-0.3, -0.25) is 4.68 Å². The zero-order chi connectivity index (χ0) is 15.9. The van der Waals surface area contributed by atoms with Crippen LogP contribution in [0.3, 0.4) is 0 Å². The molecule has 8 heteroatoms. The minimum atomic E-state index is 0.378. The Kier molecular flexibility index (Phi) is 3.94. The van der Waals surface area contributed by atoms with Crippen molar-refractivity contribution in [2.75, 3.05) is 41.7 Å². The molecule has 2 N–H and O–H groups in total. The second-order valence-electron chi connectivity index (χ2n) is 6.01. The molecule has 2 aromatic rings. The molecule has 120 valence electrons. The largest absolute Gasteiger partial charge is 0.394 e. The van der Waals surface area contributed by atoms with Gasteiger partial charge in [-0.25, -0.2) is 4.98 Å². The predicted molar refractivity (Wildman–Crippen MR) is 90.8 cm³/mol. The molecule has 0 amide bonds. The SMILES string of the molecule is Cc1nn(C)c(N2CCN(c3nc(C(C)C)ns3)CC2)c1N. The number of nitrogens with zero attached hydrogens (tertiary/aromatic N) is 6. The fourth-order valence-electron chi connectivity index (χ4n) is 2.74. The standard InChI is InChI=1S/C14H23N7S/c1-9(2)12-16-14(22-18-12)21-7-5-20(6-8-21)13-11(15)10(3)17-19(13)4/h9H,5-8,15H2,1-4H3. The number of anilines is 3. The number of nitrogen functional groups attached to an aromatic ring is 1. The summed E-state index contributed by atoms with van der Waals surface area (Å²) in [6, 6.07) is 0. The second kappa shape index (κ2) is 5.75. The van der Waals surface area contributed by atoms with E-state index in [4.69, 9.17) is 5.73 Å². The number of aryl methyl sites for hydroxylation is 2. The Morgan fingerprint density at radius 3 is 2.27 bits per heavy atom. The van der Waals surface area contributed by atoms with E-state index in [2.05, 4.69) is 38.1 Å². The van der Waals surface area contributed by atoms with E-state index < -0.39 is 0 Å². The van der Waals surface area contributed by atoms with Crippen molar-refractivity contribution in [2.45, 2.75) is 26.7 Å². The summed E-state index contributed by atoms with van der Waals surface area (Å²) in [5.41, 5.74) is 7.84. The highest BCUT2D eigenvalue weighted by molar-refractivity contribution is 7.09. The third kappa shape index (κ3) is 2.63. The molecule has 22 heavy (non-hydrogen) atoms. The summed E-state index contributed by atoms with van der Waals surface area (Å²) >= 11 is 1.50. The van der Waals surface area contributed by atoms with E-state index in [-0.39, 0.29) is 0 Å². The topological polar surface area (TPSA) is 76.1 Å². The van der Waals surface area contributed by atoms with Crippen LogP contribution < -0.4 is 15.5 Å². The molecule has 0 radical (unpaired) electrons. The average Bonchev–Trinajstić information content (AvgIpc) is 3.06. The van der Waals surface area contributed by atoms with Crippen LogP contribution in [0.4, 0.5) is 16.6 Å². The van der Waals surface area contributed by atoms with Crippen molar-refractivity contribution in [1.29, 1.82) is 0 Å². The van der Waals surface area contributed by atoms with Crippen LogP contribution in [0, 0.1) is 6.92 Å². The van der Waals surface area contributed by atoms with E-state index in [1.54, 1.807) is 0 Å². The van der Waals surface area contributed by atoms with E-state index >= 15 is 0 Å². The van der Waals surface area contributed by atoms with Crippen LogP contribution >= 0.6 is 11.5 Å². The second-order valence-corrected chi connectivity index (χ2v) is 6.74. The highest BCUT2D eigenvalue weighted by Gasteiger charge is 2.24. The minimum Gasteiger partial charge on any atom is -0.394 e. The average molecular weight is 321 g/mol. The molecule has 0 bridgehead atoms. The lowest BCUT2D eigenvalue weighted by molar-refractivity contribution is 0.622. The summed E-state index contributed by atoms with van der Waals surface area (Å²) in [6.45, 7) is 9.88. The van der Waals surface area contributed by atoms with Crippen molar-refractivity contribution >= 4 is 28.2 Å². The summed E-state index contributed by atoms with van der Waals surface area (Å²) in [7, 11) is 1.95. The van der Waals surface area contributed by atoms with Gasteiger partial charge in [-0.15, -0.1) is 0 Å². The maximum Gasteiger partial charge on any atom is 0.205 e. The number of nitrogens with two attached hydrogens (primary N) is 1. The molecule has 1 saturated heterocycles. The van der Waals surface area contributed by atoms with Gasteiger partial charge in [0.05, 0.1) is 11.4 Å². The lowest BCUT2D eigenvalue weighted by Crippen LogP contribution is -2.47. The molecule has 1 fully saturated rings. The molecule has 7 nitrogen and oxygen atoms in total. The fraction of sp³-hybridized carbons (Fsp3) is 0.643. The van der Waals surface area contributed by atoms with E-state index in [0.717, 1.165) is 54.3 Å². The Bertz CT molecular complexity index is 652. The van der Waals surface area contributed by atoms with Crippen LogP contribution in [-0.4, -0.2) is 45.3 Å². The number of hydrogen-bond acceptors (Lipinski definition) is 7. The van der Waals surface area contributed by atoms with E-state index in [1.807, 2.05) is 18.7 Å². The summed E-state index contributed by atoms with van der Waals surface area (Å²) in [6.07, 6.45) is 0. The highest BCUT2D eigenvalue weighted by atomic mass is 32.1. The molecule has 0 aromatic carbocycles. The fourth-order valence-corrected chi connectivity index (χ4v) is 3.60. The number of rotatable bonds is 3. The zero-order valence-electron chi connectivity index (χ0n) is 13.6. The number of aromatic nitrogens is 4. The third-order valence-corrected chi connectivity index (χ3v) is 4.83. The number of piperazine rings is 1. The molecular weight excluding hydrogens is 298 g/mol. The van der Waals surface area contributed by atoms with E-state index in [0.29, 0.717) is 5.92 Å². The van der Waals surface area contributed by atoms with Gasteiger partial charge in [-0.05, 0) is 6.92 Å². The highest BCUT2D eigenvalue weighted by Crippen LogP contribution is 2.28. The first kappa shape index (κ1) is 15.1. The van der Waals surface area contributed by atoms with Gasteiger partial charge in [-0.1, -0.05) is 13.8 Å². The Hall–Kier alpha value is -1.83. The van der Waals surface area contributed by atoms with Gasteiger partial charge < -0.3 is 15.5 Å². The van der Waals surface area contributed by atoms with Crippen molar-refractivity contribution in [3.63, 3.8) is 0 Å². The summed E-state index contributed by atoms with van der Waals surface area (Å²) in [5.74, 6) is 2.34. The van der Waals surface area contributed by atoms with Crippen molar-refractivity contribution in [1.82, 2.24) is 19.1 Å². The molecule has 3 rings (SSSR count). The first-order chi connectivity index (χ1) is 10.5. The Morgan fingerprint density at radius 1 is 1.14 bits per heavy atom. The Morgan fingerprint density at radius 2 is 1.77 bits per heavy atom. The maximum atomic E-state index is 6.16. The first-order valence-corrected chi connectivity index (χ1v) is 8.37. The van der Waals surface area contributed by atoms with Crippen LogP contribution in [0.15, 0.2) is 0 Å². The van der Waals surface area contributed by atoms with Gasteiger partial charge >= 0.3 is 0 Å². The third-order valence-electron chi connectivity index (χ3n) is 4.03. The quantitative estimate of drug-likeness (QED) is 0.925.